The number of fused-ring (bicyclic) bond motifs is 2. The smallest absolute Gasteiger partial charge is 0.270 e. The third-order valence-corrected chi connectivity index (χ3v) is 8.13. The van der Waals surface area contributed by atoms with Gasteiger partial charge in [0.2, 0.25) is 5.91 Å². The number of hydrogen-bond acceptors (Lipinski definition) is 6. The van der Waals surface area contributed by atoms with Gasteiger partial charge < -0.3 is 20.5 Å². The zero-order valence-corrected chi connectivity index (χ0v) is 25.5. The highest BCUT2D eigenvalue weighted by atomic mass is 19.1. The average molecular weight is 618 g/mol. The van der Waals surface area contributed by atoms with Gasteiger partial charge in [-0.25, -0.2) is 9.37 Å². The summed E-state index contributed by atoms with van der Waals surface area (Å²) in [5.74, 6) is -0.890. The van der Waals surface area contributed by atoms with E-state index in [2.05, 4.69) is 21.8 Å². The number of imidazole rings is 1. The summed E-state index contributed by atoms with van der Waals surface area (Å²) in [7, 11) is 0. The fraction of sp³-hybridized carbons (Fsp3) is 0.200. The molecule has 0 fully saturated rings. The lowest BCUT2D eigenvalue weighted by molar-refractivity contribution is -0.130. The minimum atomic E-state index is -0.847. The van der Waals surface area contributed by atoms with Gasteiger partial charge in [0.15, 0.2) is 0 Å². The number of aromatic nitrogens is 4. The van der Waals surface area contributed by atoms with Gasteiger partial charge >= 0.3 is 0 Å². The van der Waals surface area contributed by atoms with Gasteiger partial charge in [0.1, 0.15) is 17.3 Å². The van der Waals surface area contributed by atoms with Gasteiger partial charge in [0, 0.05) is 67.4 Å². The molecule has 0 saturated carbocycles. The highest BCUT2D eigenvalue weighted by Crippen LogP contribution is 2.34. The van der Waals surface area contributed by atoms with Crippen molar-refractivity contribution in [2.24, 2.45) is 5.73 Å². The first-order valence-electron chi connectivity index (χ1n) is 15.0. The van der Waals surface area contributed by atoms with Gasteiger partial charge in [-0.1, -0.05) is 49.4 Å². The molecule has 0 radical (unpaired) electrons. The average Bonchev–Trinajstić information content (AvgIpc) is 3.44. The molecule has 232 valence electrons. The van der Waals surface area contributed by atoms with E-state index in [4.69, 9.17) is 15.7 Å². The Labute approximate surface area is 264 Å². The molecule has 11 heteroatoms. The van der Waals surface area contributed by atoms with E-state index in [1.165, 1.54) is 24.3 Å². The first kappa shape index (κ1) is 30.3. The fourth-order valence-corrected chi connectivity index (χ4v) is 5.71. The van der Waals surface area contributed by atoms with Crippen LogP contribution in [0.5, 0.6) is 0 Å². The SMILES string of the molecule is CCc1nc(-c2cccc3cc(-c4ccc(C(=O)NC/C=C/c5cccc(C(N)=O)c5F)nc4)ncc23)c2n1CCN(C(C)=O)C2. The van der Waals surface area contributed by atoms with Crippen molar-refractivity contribution >= 4 is 34.6 Å². The molecular weight excluding hydrogens is 585 g/mol. The van der Waals surface area contributed by atoms with Crippen molar-refractivity contribution in [3.63, 3.8) is 0 Å². The standard InChI is InChI=1S/C35H32FN7O3/c1-3-31-41-33(30-20-42(21(2)44)15-16-43(30)31)25-10-5-8-23-17-29(40-19-27(23)25)24-12-13-28(39-18-24)35(46)38-14-6-9-22-7-4-11-26(32(22)36)34(37)45/h4-13,17-19H,3,14-16,20H2,1-2H3,(H2,37,45)(H,38,46)/b9-6+. The number of benzene rings is 2. The Morgan fingerprint density at radius 3 is 2.61 bits per heavy atom. The third-order valence-electron chi connectivity index (χ3n) is 8.13. The minimum absolute atomic E-state index is 0.0516. The number of nitrogens with two attached hydrogens (primary N) is 1. The molecule has 4 heterocycles. The number of halogens is 1. The monoisotopic (exact) mass is 617 g/mol. The molecule has 0 unspecified atom stereocenters. The Hall–Kier alpha value is -5.71. The predicted octanol–water partition coefficient (Wildman–Crippen LogP) is 4.77. The van der Waals surface area contributed by atoms with Gasteiger partial charge in [-0.05, 0) is 29.7 Å². The summed E-state index contributed by atoms with van der Waals surface area (Å²) in [6, 6.07) is 15.8. The van der Waals surface area contributed by atoms with Crippen LogP contribution >= 0.6 is 0 Å². The molecule has 3 amide bonds. The van der Waals surface area contributed by atoms with Crippen molar-refractivity contribution in [1.82, 2.24) is 29.7 Å². The van der Waals surface area contributed by atoms with Crippen LogP contribution in [-0.4, -0.2) is 55.2 Å². The summed E-state index contributed by atoms with van der Waals surface area (Å²) in [5.41, 5.74) is 9.74. The molecule has 3 N–H and O–H groups in total. The van der Waals surface area contributed by atoms with Gasteiger partial charge in [-0.15, -0.1) is 0 Å². The summed E-state index contributed by atoms with van der Waals surface area (Å²) >= 11 is 0. The van der Waals surface area contributed by atoms with Crippen LogP contribution in [0, 0.1) is 5.82 Å². The van der Waals surface area contributed by atoms with Crippen molar-refractivity contribution in [1.29, 1.82) is 0 Å². The number of nitrogens with one attached hydrogen (secondary N) is 1. The molecule has 1 aliphatic heterocycles. The zero-order valence-electron chi connectivity index (χ0n) is 25.5. The molecule has 2 aromatic carbocycles. The molecule has 46 heavy (non-hydrogen) atoms. The van der Waals surface area contributed by atoms with Crippen molar-refractivity contribution in [3.8, 4) is 22.5 Å². The molecule has 0 saturated heterocycles. The van der Waals surface area contributed by atoms with E-state index in [0.29, 0.717) is 18.8 Å². The van der Waals surface area contributed by atoms with E-state index in [1.54, 1.807) is 31.3 Å². The van der Waals surface area contributed by atoms with E-state index >= 15 is 0 Å². The lowest BCUT2D eigenvalue weighted by Gasteiger charge is -2.28. The number of pyridine rings is 2. The maximum absolute atomic E-state index is 14.4. The second-order valence-electron chi connectivity index (χ2n) is 11.0. The Balaban J connectivity index is 1.18. The van der Waals surface area contributed by atoms with E-state index in [1.807, 2.05) is 35.4 Å². The number of amides is 3. The maximum atomic E-state index is 14.4. The minimum Gasteiger partial charge on any atom is -0.366 e. The van der Waals surface area contributed by atoms with Crippen LogP contribution in [0.15, 0.2) is 73.1 Å². The van der Waals surface area contributed by atoms with Crippen LogP contribution in [0.4, 0.5) is 4.39 Å². The number of hydrogen-bond donors (Lipinski definition) is 2. The zero-order chi connectivity index (χ0) is 32.4. The molecule has 3 aromatic heterocycles. The predicted molar refractivity (Wildman–Crippen MR) is 173 cm³/mol. The van der Waals surface area contributed by atoms with E-state index in [0.717, 1.165) is 52.1 Å². The molecule has 1 aliphatic rings. The van der Waals surface area contributed by atoms with Crippen LogP contribution < -0.4 is 11.1 Å². The maximum Gasteiger partial charge on any atom is 0.270 e. The summed E-state index contributed by atoms with van der Waals surface area (Å²) in [6.45, 7) is 5.73. The van der Waals surface area contributed by atoms with Gasteiger partial charge in [0.25, 0.3) is 11.8 Å². The Kier molecular flexibility index (Phi) is 8.39. The van der Waals surface area contributed by atoms with Crippen LogP contribution in [-0.2, 0) is 24.3 Å². The van der Waals surface area contributed by atoms with Gasteiger partial charge in [-0.3, -0.25) is 24.4 Å². The van der Waals surface area contributed by atoms with E-state index in [9.17, 15) is 18.8 Å². The fourth-order valence-electron chi connectivity index (χ4n) is 5.71. The number of nitrogens with zero attached hydrogens (tertiary/aromatic N) is 5. The van der Waals surface area contributed by atoms with Crippen LogP contribution in [0.1, 0.15) is 51.8 Å². The van der Waals surface area contributed by atoms with Crippen molar-refractivity contribution < 1.29 is 18.8 Å². The Morgan fingerprint density at radius 1 is 1.04 bits per heavy atom. The van der Waals surface area contributed by atoms with E-state index in [-0.39, 0.29) is 29.3 Å². The molecule has 0 aliphatic carbocycles. The number of carbonyl (C=O) groups excluding carboxylic acids is 3. The number of aryl methyl sites for hydroxylation is 1. The topological polar surface area (TPSA) is 136 Å². The third kappa shape index (κ3) is 5.86. The summed E-state index contributed by atoms with van der Waals surface area (Å²) in [4.78, 5) is 52.1. The lowest BCUT2D eigenvalue weighted by Crippen LogP contribution is -2.37. The molecule has 6 rings (SSSR count). The van der Waals surface area contributed by atoms with Crippen molar-refractivity contribution in [2.75, 3.05) is 13.1 Å². The molecule has 0 spiro atoms. The molecule has 0 bridgehead atoms. The first-order valence-corrected chi connectivity index (χ1v) is 15.0. The second kappa shape index (κ2) is 12.7. The van der Waals surface area contributed by atoms with Crippen molar-refractivity contribution in [2.45, 2.75) is 33.4 Å². The number of primary amides is 1. The highest BCUT2D eigenvalue weighted by molar-refractivity contribution is 5.98. The Bertz CT molecular complexity index is 2020. The van der Waals surface area contributed by atoms with Crippen molar-refractivity contribution in [3.05, 3.63) is 107 Å². The normalized spacial score (nSPS) is 12.8. The summed E-state index contributed by atoms with van der Waals surface area (Å²) < 4.78 is 16.6. The Morgan fingerprint density at radius 2 is 1.87 bits per heavy atom. The summed E-state index contributed by atoms with van der Waals surface area (Å²) in [6.07, 6.45) is 7.27. The largest absolute Gasteiger partial charge is 0.366 e. The highest BCUT2D eigenvalue weighted by Gasteiger charge is 2.26. The first-order chi connectivity index (χ1) is 22.2. The molecule has 0 atom stereocenters. The molecular formula is C35H32FN7O3. The van der Waals surface area contributed by atoms with Gasteiger partial charge in [-0.2, -0.15) is 0 Å². The molecule has 5 aromatic rings. The molecule has 10 nitrogen and oxygen atoms in total. The second-order valence-corrected chi connectivity index (χ2v) is 11.0. The van der Waals surface area contributed by atoms with Crippen LogP contribution in [0.3, 0.4) is 0 Å². The number of rotatable bonds is 8. The summed E-state index contributed by atoms with van der Waals surface area (Å²) in [5, 5.41) is 4.65. The van der Waals surface area contributed by atoms with Crippen LogP contribution in [0.2, 0.25) is 0 Å². The number of carbonyl (C=O) groups is 3. The van der Waals surface area contributed by atoms with Crippen LogP contribution in [0.25, 0.3) is 39.4 Å². The quantitative estimate of drug-likeness (QED) is 0.258. The van der Waals surface area contributed by atoms with E-state index < -0.39 is 17.6 Å². The lowest BCUT2D eigenvalue weighted by atomic mass is 10.0. The van der Waals surface area contributed by atoms with Gasteiger partial charge in [0.05, 0.1) is 29.2 Å².